The number of methoxy groups -OCH3 is 1. The minimum absolute atomic E-state index is 0.317. The Hall–Kier alpha value is -2.01. The molecule has 0 unspecified atom stereocenters. The Bertz CT molecular complexity index is 861. The standard InChI is InChI=1S/C18H23N3OS/c1-6-14-16(12-7-8-13(22-5)11(4)9-12)21-17(19)15(10(2)3)20-18(21)23-14/h7-10H,6,19H2,1-5H3. The summed E-state index contributed by atoms with van der Waals surface area (Å²) in [5, 5.41) is 0. The number of aryl methyl sites for hydroxylation is 2. The summed E-state index contributed by atoms with van der Waals surface area (Å²) in [7, 11) is 1.70. The van der Waals surface area contributed by atoms with Crippen molar-refractivity contribution in [3.05, 3.63) is 34.3 Å². The average molecular weight is 329 g/mol. The van der Waals surface area contributed by atoms with Crippen molar-refractivity contribution in [2.45, 2.75) is 40.0 Å². The van der Waals surface area contributed by atoms with Crippen molar-refractivity contribution in [2.75, 3.05) is 12.8 Å². The Morgan fingerprint density at radius 1 is 1.35 bits per heavy atom. The van der Waals surface area contributed by atoms with Gasteiger partial charge >= 0.3 is 0 Å². The van der Waals surface area contributed by atoms with E-state index in [1.807, 2.05) is 6.07 Å². The average Bonchev–Trinajstić information content (AvgIpc) is 3.04. The van der Waals surface area contributed by atoms with Crippen LogP contribution < -0.4 is 10.5 Å². The molecule has 5 heteroatoms. The smallest absolute Gasteiger partial charge is 0.196 e. The molecule has 0 bridgehead atoms. The van der Waals surface area contributed by atoms with E-state index in [0.717, 1.165) is 45.5 Å². The van der Waals surface area contributed by atoms with Crippen LogP contribution in [0.3, 0.4) is 0 Å². The highest BCUT2D eigenvalue weighted by Gasteiger charge is 2.21. The lowest BCUT2D eigenvalue weighted by atomic mass is 10.1. The Morgan fingerprint density at radius 3 is 2.65 bits per heavy atom. The number of benzene rings is 1. The molecule has 0 aliphatic rings. The fourth-order valence-corrected chi connectivity index (χ4v) is 4.07. The first-order valence-corrected chi connectivity index (χ1v) is 8.74. The monoisotopic (exact) mass is 329 g/mol. The molecule has 4 nitrogen and oxygen atoms in total. The number of nitrogen functional groups attached to an aromatic ring is 1. The van der Waals surface area contributed by atoms with E-state index in [1.165, 1.54) is 4.88 Å². The molecule has 3 aromatic rings. The summed E-state index contributed by atoms with van der Waals surface area (Å²) in [4.78, 5) is 7.04. The molecule has 0 aliphatic heterocycles. The Morgan fingerprint density at radius 2 is 2.09 bits per heavy atom. The molecule has 0 fully saturated rings. The third-order valence-corrected chi connectivity index (χ3v) is 5.33. The molecule has 0 spiro atoms. The number of thiazole rings is 1. The number of nitrogens with two attached hydrogens (primary N) is 1. The topological polar surface area (TPSA) is 52.5 Å². The molecule has 0 saturated carbocycles. The number of ether oxygens (including phenoxy) is 1. The van der Waals surface area contributed by atoms with Gasteiger partial charge in [0.1, 0.15) is 11.6 Å². The molecule has 3 rings (SSSR count). The van der Waals surface area contributed by atoms with Crippen LogP contribution in [0.1, 0.15) is 42.8 Å². The fourth-order valence-electron chi connectivity index (χ4n) is 2.98. The first-order valence-electron chi connectivity index (χ1n) is 7.92. The van der Waals surface area contributed by atoms with Gasteiger partial charge in [-0.25, -0.2) is 4.98 Å². The molecule has 1 aromatic carbocycles. The lowest BCUT2D eigenvalue weighted by Gasteiger charge is -2.10. The van der Waals surface area contributed by atoms with Gasteiger partial charge in [0.25, 0.3) is 0 Å². The first-order chi connectivity index (χ1) is 11.0. The second-order valence-electron chi connectivity index (χ2n) is 6.07. The third kappa shape index (κ3) is 2.49. The lowest BCUT2D eigenvalue weighted by molar-refractivity contribution is 0.412. The zero-order valence-corrected chi connectivity index (χ0v) is 15.1. The number of rotatable bonds is 4. The van der Waals surface area contributed by atoms with Gasteiger partial charge in [-0.3, -0.25) is 4.40 Å². The van der Waals surface area contributed by atoms with Gasteiger partial charge in [0, 0.05) is 10.4 Å². The van der Waals surface area contributed by atoms with Gasteiger partial charge in [-0.2, -0.15) is 0 Å². The minimum atomic E-state index is 0.317. The van der Waals surface area contributed by atoms with Crippen LogP contribution >= 0.6 is 11.3 Å². The van der Waals surface area contributed by atoms with Gasteiger partial charge in [0.15, 0.2) is 4.96 Å². The summed E-state index contributed by atoms with van der Waals surface area (Å²) >= 11 is 1.73. The van der Waals surface area contributed by atoms with E-state index in [4.69, 9.17) is 15.5 Å². The van der Waals surface area contributed by atoms with E-state index in [9.17, 15) is 0 Å². The second kappa shape index (κ2) is 5.89. The number of nitrogens with zero attached hydrogens (tertiary/aromatic N) is 2. The van der Waals surface area contributed by atoms with Crippen molar-refractivity contribution in [3.8, 4) is 17.0 Å². The van der Waals surface area contributed by atoms with Crippen LogP contribution in [0, 0.1) is 6.92 Å². The maximum atomic E-state index is 6.42. The Labute approximate surface area is 140 Å². The van der Waals surface area contributed by atoms with E-state index in [-0.39, 0.29) is 0 Å². The number of imidazole rings is 1. The van der Waals surface area contributed by atoms with Gasteiger partial charge in [-0.15, -0.1) is 11.3 Å². The third-order valence-electron chi connectivity index (χ3n) is 4.15. The summed E-state index contributed by atoms with van der Waals surface area (Å²) in [6.07, 6.45) is 0.963. The molecule has 2 N–H and O–H groups in total. The Kier molecular flexibility index (Phi) is 4.06. The maximum Gasteiger partial charge on any atom is 0.196 e. The Balaban J connectivity index is 2.28. The van der Waals surface area contributed by atoms with Crippen molar-refractivity contribution < 1.29 is 4.74 Å². The van der Waals surface area contributed by atoms with Crippen LogP contribution in [0.5, 0.6) is 5.75 Å². The van der Waals surface area contributed by atoms with E-state index >= 15 is 0 Å². The number of fused-ring (bicyclic) bond motifs is 1. The molecular weight excluding hydrogens is 306 g/mol. The summed E-state index contributed by atoms with van der Waals surface area (Å²) in [6.45, 7) is 8.49. The number of anilines is 1. The van der Waals surface area contributed by atoms with Gasteiger partial charge in [-0.05, 0) is 43.0 Å². The molecule has 2 aromatic heterocycles. The van der Waals surface area contributed by atoms with Crippen molar-refractivity contribution >= 4 is 22.1 Å². The molecule has 122 valence electrons. The van der Waals surface area contributed by atoms with E-state index < -0.39 is 0 Å². The zero-order valence-electron chi connectivity index (χ0n) is 14.3. The second-order valence-corrected chi connectivity index (χ2v) is 7.13. The summed E-state index contributed by atoms with van der Waals surface area (Å²) in [5.74, 6) is 1.98. The molecule has 0 aliphatic carbocycles. The van der Waals surface area contributed by atoms with Crippen LogP contribution in [0.15, 0.2) is 18.2 Å². The predicted molar refractivity (Wildman–Crippen MR) is 97.7 cm³/mol. The lowest BCUT2D eigenvalue weighted by Crippen LogP contribution is -2.00. The van der Waals surface area contributed by atoms with Crippen molar-refractivity contribution in [1.29, 1.82) is 0 Å². The van der Waals surface area contributed by atoms with Crippen LogP contribution in [0.2, 0.25) is 0 Å². The maximum absolute atomic E-state index is 6.42. The number of aromatic nitrogens is 2. The summed E-state index contributed by atoms with van der Waals surface area (Å²) in [5.41, 5.74) is 10.8. The first kappa shape index (κ1) is 15.9. The number of hydrogen-bond donors (Lipinski definition) is 1. The van der Waals surface area contributed by atoms with Gasteiger partial charge in [0.05, 0.1) is 18.5 Å². The molecule has 23 heavy (non-hydrogen) atoms. The highest BCUT2D eigenvalue weighted by molar-refractivity contribution is 7.17. The normalized spacial score (nSPS) is 11.6. The molecule has 2 heterocycles. The predicted octanol–water partition coefficient (Wildman–Crippen LogP) is 4.65. The number of hydrogen-bond acceptors (Lipinski definition) is 4. The van der Waals surface area contributed by atoms with Crippen LogP contribution in [-0.2, 0) is 6.42 Å². The van der Waals surface area contributed by atoms with E-state index in [1.54, 1.807) is 18.4 Å². The van der Waals surface area contributed by atoms with Crippen molar-refractivity contribution in [2.24, 2.45) is 0 Å². The fraction of sp³-hybridized carbons (Fsp3) is 0.389. The summed E-state index contributed by atoms with van der Waals surface area (Å²) in [6, 6.07) is 6.28. The van der Waals surface area contributed by atoms with Crippen LogP contribution in [-0.4, -0.2) is 16.5 Å². The summed E-state index contributed by atoms with van der Waals surface area (Å²) < 4.78 is 7.49. The van der Waals surface area contributed by atoms with Gasteiger partial charge in [0.2, 0.25) is 0 Å². The van der Waals surface area contributed by atoms with Gasteiger partial charge < -0.3 is 10.5 Å². The van der Waals surface area contributed by atoms with Crippen LogP contribution in [0.25, 0.3) is 16.2 Å². The quantitative estimate of drug-likeness (QED) is 0.758. The minimum Gasteiger partial charge on any atom is -0.496 e. The van der Waals surface area contributed by atoms with E-state index in [0.29, 0.717) is 5.92 Å². The molecule has 0 atom stereocenters. The molecule has 0 amide bonds. The zero-order chi connectivity index (χ0) is 16.7. The van der Waals surface area contributed by atoms with Gasteiger partial charge in [-0.1, -0.05) is 20.8 Å². The molecule has 0 saturated heterocycles. The largest absolute Gasteiger partial charge is 0.496 e. The van der Waals surface area contributed by atoms with E-state index in [2.05, 4.69) is 44.2 Å². The highest BCUT2D eigenvalue weighted by atomic mass is 32.1. The molecular formula is C18H23N3OS. The van der Waals surface area contributed by atoms with Crippen molar-refractivity contribution in [3.63, 3.8) is 0 Å². The highest BCUT2D eigenvalue weighted by Crippen LogP contribution is 2.38. The SMILES string of the molecule is CCc1sc2nc(C(C)C)c(N)n2c1-c1ccc(OC)c(C)c1. The van der Waals surface area contributed by atoms with Crippen molar-refractivity contribution in [1.82, 2.24) is 9.38 Å². The van der Waals surface area contributed by atoms with Crippen LogP contribution in [0.4, 0.5) is 5.82 Å². The molecule has 0 radical (unpaired) electrons.